The average Bonchev–Trinajstić information content (AvgIpc) is 3.09. The van der Waals surface area contributed by atoms with Gasteiger partial charge in [-0.2, -0.15) is 0 Å². The lowest BCUT2D eigenvalue weighted by atomic mass is 10.1. The Balaban J connectivity index is 1.77. The van der Waals surface area contributed by atoms with Gasteiger partial charge in [-0.25, -0.2) is 4.39 Å². The Bertz CT molecular complexity index is 652. The molecule has 1 aliphatic heterocycles. The first-order valence-corrected chi connectivity index (χ1v) is 6.95. The zero-order chi connectivity index (χ0) is 14.8. The Hall–Kier alpha value is -2.14. The van der Waals surface area contributed by atoms with Gasteiger partial charge >= 0.3 is 5.97 Å². The van der Waals surface area contributed by atoms with E-state index in [2.05, 4.69) is 0 Å². The number of benzene rings is 1. The summed E-state index contributed by atoms with van der Waals surface area (Å²) in [6.07, 6.45) is 1.54. The number of carboxylic acids is 1. The van der Waals surface area contributed by atoms with E-state index < -0.39 is 12.0 Å². The Labute approximate surface area is 121 Å². The number of carbonyl (C=O) groups is 1. The van der Waals surface area contributed by atoms with Crippen LogP contribution >= 0.6 is 0 Å². The van der Waals surface area contributed by atoms with Crippen molar-refractivity contribution in [2.75, 3.05) is 6.54 Å². The Kier molecular flexibility index (Phi) is 3.75. The number of aliphatic carboxylic acids is 1. The first-order valence-electron chi connectivity index (χ1n) is 6.95. The summed E-state index contributed by atoms with van der Waals surface area (Å²) in [5.41, 5.74) is 0.417. The van der Waals surface area contributed by atoms with Crippen LogP contribution < -0.4 is 0 Å². The van der Waals surface area contributed by atoms with Crippen LogP contribution in [-0.4, -0.2) is 28.6 Å². The van der Waals surface area contributed by atoms with Crippen LogP contribution in [-0.2, 0) is 11.3 Å². The predicted molar refractivity (Wildman–Crippen MR) is 75.2 cm³/mol. The van der Waals surface area contributed by atoms with Gasteiger partial charge in [0.05, 0.1) is 12.1 Å². The van der Waals surface area contributed by atoms with Crippen molar-refractivity contribution in [3.05, 3.63) is 48.0 Å². The molecule has 2 heterocycles. The van der Waals surface area contributed by atoms with Gasteiger partial charge in [-0.1, -0.05) is 12.1 Å². The number of nitrogens with zero attached hydrogens (tertiary/aromatic N) is 1. The third kappa shape index (κ3) is 2.83. The molecule has 0 spiro atoms. The maximum atomic E-state index is 13.7. The van der Waals surface area contributed by atoms with Crippen molar-refractivity contribution >= 4 is 5.97 Å². The van der Waals surface area contributed by atoms with Crippen LogP contribution in [0.25, 0.3) is 11.3 Å². The van der Waals surface area contributed by atoms with Crippen LogP contribution in [0.2, 0.25) is 0 Å². The summed E-state index contributed by atoms with van der Waals surface area (Å²) in [7, 11) is 0. The van der Waals surface area contributed by atoms with E-state index in [1.807, 2.05) is 4.90 Å². The van der Waals surface area contributed by atoms with Crippen LogP contribution in [0.1, 0.15) is 18.6 Å². The molecule has 1 aromatic heterocycles. The molecule has 2 aromatic rings. The Morgan fingerprint density at radius 1 is 1.33 bits per heavy atom. The smallest absolute Gasteiger partial charge is 0.320 e. The molecule has 0 saturated carbocycles. The van der Waals surface area contributed by atoms with E-state index in [9.17, 15) is 9.18 Å². The van der Waals surface area contributed by atoms with E-state index in [-0.39, 0.29) is 5.82 Å². The summed E-state index contributed by atoms with van der Waals surface area (Å²) in [5.74, 6) is -0.00746. The molecule has 1 N–H and O–H groups in total. The Morgan fingerprint density at radius 2 is 2.14 bits per heavy atom. The molecule has 4 nitrogen and oxygen atoms in total. The van der Waals surface area contributed by atoms with E-state index >= 15 is 0 Å². The lowest BCUT2D eigenvalue weighted by Gasteiger charge is -2.19. The van der Waals surface area contributed by atoms with Crippen molar-refractivity contribution in [2.45, 2.75) is 25.4 Å². The second-order valence-corrected chi connectivity index (χ2v) is 5.21. The van der Waals surface area contributed by atoms with E-state index in [1.165, 1.54) is 6.07 Å². The second-order valence-electron chi connectivity index (χ2n) is 5.21. The maximum absolute atomic E-state index is 13.7. The fourth-order valence-electron chi connectivity index (χ4n) is 2.76. The topological polar surface area (TPSA) is 53.7 Å². The van der Waals surface area contributed by atoms with Gasteiger partial charge in [-0.3, -0.25) is 9.69 Å². The van der Waals surface area contributed by atoms with Crippen molar-refractivity contribution in [3.8, 4) is 11.3 Å². The number of furan rings is 1. The van der Waals surface area contributed by atoms with Gasteiger partial charge in [0, 0.05) is 0 Å². The van der Waals surface area contributed by atoms with Crippen molar-refractivity contribution in [1.82, 2.24) is 4.90 Å². The van der Waals surface area contributed by atoms with Crippen LogP contribution in [0, 0.1) is 5.82 Å². The third-order valence-electron chi connectivity index (χ3n) is 3.81. The van der Waals surface area contributed by atoms with Crippen molar-refractivity contribution in [2.24, 2.45) is 0 Å². The highest BCUT2D eigenvalue weighted by atomic mass is 19.1. The molecule has 5 heteroatoms. The van der Waals surface area contributed by atoms with Crippen molar-refractivity contribution in [3.63, 3.8) is 0 Å². The molecular formula is C16H16FNO3. The molecule has 1 atom stereocenters. The predicted octanol–water partition coefficient (Wildman–Crippen LogP) is 3.13. The summed E-state index contributed by atoms with van der Waals surface area (Å²) in [4.78, 5) is 13.0. The SMILES string of the molecule is O=C(O)C1CCCN1Cc1ccc(-c2ccccc2F)o1. The number of hydrogen-bond acceptors (Lipinski definition) is 3. The minimum absolute atomic E-state index is 0.331. The van der Waals surface area contributed by atoms with E-state index in [4.69, 9.17) is 9.52 Å². The molecule has 0 bridgehead atoms. The molecule has 1 aliphatic rings. The molecule has 1 fully saturated rings. The molecular weight excluding hydrogens is 273 g/mol. The number of hydrogen-bond donors (Lipinski definition) is 1. The monoisotopic (exact) mass is 289 g/mol. The highest BCUT2D eigenvalue weighted by Crippen LogP contribution is 2.27. The summed E-state index contributed by atoms with van der Waals surface area (Å²) >= 11 is 0. The highest BCUT2D eigenvalue weighted by Gasteiger charge is 2.30. The van der Waals surface area contributed by atoms with E-state index in [0.29, 0.717) is 30.0 Å². The summed E-state index contributed by atoms with van der Waals surface area (Å²) < 4.78 is 19.4. The maximum Gasteiger partial charge on any atom is 0.320 e. The number of likely N-dealkylation sites (tertiary alicyclic amines) is 1. The highest BCUT2D eigenvalue weighted by molar-refractivity contribution is 5.73. The van der Waals surface area contributed by atoms with Crippen LogP contribution in [0.4, 0.5) is 4.39 Å². The zero-order valence-corrected chi connectivity index (χ0v) is 11.5. The van der Waals surface area contributed by atoms with Gasteiger partial charge in [-0.15, -0.1) is 0 Å². The largest absolute Gasteiger partial charge is 0.480 e. The second kappa shape index (κ2) is 5.69. The van der Waals surface area contributed by atoms with Gasteiger partial charge < -0.3 is 9.52 Å². The quantitative estimate of drug-likeness (QED) is 0.939. The molecule has 3 rings (SSSR count). The molecule has 1 unspecified atom stereocenters. The zero-order valence-electron chi connectivity index (χ0n) is 11.5. The van der Waals surface area contributed by atoms with Crippen LogP contribution in [0.15, 0.2) is 40.8 Å². The van der Waals surface area contributed by atoms with Gasteiger partial charge in [0.15, 0.2) is 0 Å². The number of halogens is 1. The summed E-state index contributed by atoms with van der Waals surface area (Å²) in [6, 6.07) is 9.48. The van der Waals surface area contributed by atoms with Crippen LogP contribution in [0.3, 0.4) is 0 Å². The third-order valence-corrected chi connectivity index (χ3v) is 3.81. The fraction of sp³-hybridized carbons (Fsp3) is 0.312. The van der Waals surface area contributed by atoms with Gasteiger partial charge in [0.1, 0.15) is 23.4 Å². The molecule has 0 aliphatic carbocycles. The minimum Gasteiger partial charge on any atom is -0.480 e. The first-order chi connectivity index (χ1) is 10.1. The fourth-order valence-corrected chi connectivity index (χ4v) is 2.76. The summed E-state index contributed by atoms with van der Waals surface area (Å²) in [5, 5.41) is 9.16. The van der Waals surface area contributed by atoms with E-state index in [1.54, 1.807) is 30.3 Å². The lowest BCUT2D eigenvalue weighted by molar-refractivity contribution is -0.142. The van der Waals surface area contributed by atoms with E-state index in [0.717, 1.165) is 13.0 Å². The van der Waals surface area contributed by atoms with Gasteiger partial charge in [-0.05, 0) is 43.7 Å². The standard InChI is InChI=1S/C16H16FNO3/c17-13-5-2-1-4-12(13)15-8-7-11(21-15)10-18-9-3-6-14(18)16(19)20/h1-2,4-5,7-8,14H,3,6,9-10H2,(H,19,20). The molecule has 21 heavy (non-hydrogen) atoms. The lowest BCUT2D eigenvalue weighted by Crippen LogP contribution is -2.35. The molecule has 0 amide bonds. The molecule has 1 aromatic carbocycles. The van der Waals surface area contributed by atoms with Crippen molar-refractivity contribution < 1.29 is 18.7 Å². The molecule has 0 radical (unpaired) electrons. The van der Waals surface area contributed by atoms with Crippen LogP contribution in [0.5, 0.6) is 0 Å². The minimum atomic E-state index is -0.798. The normalized spacial score (nSPS) is 19.0. The van der Waals surface area contributed by atoms with Gasteiger partial charge in [0.2, 0.25) is 0 Å². The van der Waals surface area contributed by atoms with Crippen molar-refractivity contribution in [1.29, 1.82) is 0 Å². The molecule has 1 saturated heterocycles. The average molecular weight is 289 g/mol. The number of rotatable bonds is 4. The van der Waals surface area contributed by atoms with Gasteiger partial charge in [0.25, 0.3) is 0 Å². The molecule has 110 valence electrons. The first kappa shape index (κ1) is 13.8. The Morgan fingerprint density at radius 3 is 2.90 bits per heavy atom. The summed E-state index contributed by atoms with van der Waals surface area (Å²) in [6.45, 7) is 1.18. The number of carboxylic acid groups (broad SMARTS) is 1.